The number of ketones is 1. The molecule has 22 heavy (non-hydrogen) atoms. The standard InChI is InChI=1S/C16H27N3O3/c1-3-14(20)13(17-2)7-4-5-10-18-11-6-12-19-15(21)8-9-16(19)22/h8-9,13,17-18H,3-7,10-12H2,1-2H3. The van der Waals surface area contributed by atoms with Gasteiger partial charge < -0.3 is 10.6 Å². The minimum Gasteiger partial charge on any atom is -0.317 e. The number of hydrogen-bond acceptors (Lipinski definition) is 5. The maximum atomic E-state index is 11.6. The molecule has 1 aliphatic rings. The molecule has 0 bridgehead atoms. The molecule has 0 radical (unpaired) electrons. The van der Waals surface area contributed by atoms with Gasteiger partial charge in [0.1, 0.15) is 5.78 Å². The van der Waals surface area contributed by atoms with E-state index in [-0.39, 0.29) is 23.6 Å². The van der Waals surface area contributed by atoms with Gasteiger partial charge in [-0.05, 0) is 39.4 Å². The summed E-state index contributed by atoms with van der Waals surface area (Å²) in [6.07, 6.45) is 6.83. The number of nitrogens with zero attached hydrogens (tertiary/aromatic N) is 1. The summed E-state index contributed by atoms with van der Waals surface area (Å²) in [6, 6.07) is -0.0234. The molecule has 1 heterocycles. The third-order valence-corrected chi connectivity index (χ3v) is 3.82. The van der Waals surface area contributed by atoms with E-state index < -0.39 is 0 Å². The SMILES string of the molecule is CCC(=O)C(CCCCNCCCN1C(=O)C=CC1=O)NC. The molecular formula is C16H27N3O3. The molecule has 6 heteroatoms. The second-order valence-corrected chi connectivity index (χ2v) is 5.42. The van der Waals surface area contributed by atoms with Crippen LogP contribution in [-0.4, -0.2) is 55.2 Å². The van der Waals surface area contributed by atoms with E-state index >= 15 is 0 Å². The molecule has 0 saturated heterocycles. The number of carbonyl (C=O) groups is 3. The Morgan fingerprint density at radius 1 is 1.14 bits per heavy atom. The first-order chi connectivity index (χ1) is 10.6. The van der Waals surface area contributed by atoms with Gasteiger partial charge in [0.25, 0.3) is 11.8 Å². The van der Waals surface area contributed by atoms with Crippen molar-refractivity contribution in [3.05, 3.63) is 12.2 Å². The lowest BCUT2D eigenvalue weighted by atomic mass is 10.0. The molecule has 1 unspecified atom stereocenters. The lowest BCUT2D eigenvalue weighted by Crippen LogP contribution is -2.34. The number of rotatable bonds is 12. The van der Waals surface area contributed by atoms with Crippen molar-refractivity contribution in [2.24, 2.45) is 0 Å². The molecular weight excluding hydrogens is 282 g/mol. The van der Waals surface area contributed by atoms with E-state index in [1.807, 2.05) is 14.0 Å². The molecule has 0 aromatic heterocycles. The highest BCUT2D eigenvalue weighted by Gasteiger charge is 2.22. The Hall–Kier alpha value is -1.53. The van der Waals surface area contributed by atoms with Gasteiger partial charge in [0.15, 0.2) is 0 Å². The molecule has 1 atom stereocenters. The van der Waals surface area contributed by atoms with Gasteiger partial charge in [-0.1, -0.05) is 13.3 Å². The van der Waals surface area contributed by atoms with E-state index in [1.54, 1.807) is 0 Å². The van der Waals surface area contributed by atoms with Gasteiger partial charge in [-0.25, -0.2) is 0 Å². The van der Waals surface area contributed by atoms with Crippen molar-refractivity contribution in [2.75, 3.05) is 26.7 Å². The second-order valence-electron chi connectivity index (χ2n) is 5.42. The molecule has 1 aliphatic heterocycles. The lowest BCUT2D eigenvalue weighted by molar-refractivity contribution is -0.136. The van der Waals surface area contributed by atoms with Gasteiger partial charge in [-0.2, -0.15) is 0 Å². The van der Waals surface area contributed by atoms with Gasteiger partial charge in [-0.15, -0.1) is 0 Å². The molecule has 0 aromatic carbocycles. The average molecular weight is 309 g/mol. The molecule has 2 amide bonds. The van der Waals surface area contributed by atoms with Crippen LogP contribution < -0.4 is 10.6 Å². The molecule has 6 nitrogen and oxygen atoms in total. The van der Waals surface area contributed by atoms with Gasteiger partial charge in [0.05, 0.1) is 6.04 Å². The van der Waals surface area contributed by atoms with Crippen LogP contribution in [0, 0.1) is 0 Å². The Bertz CT molecular complexity index is 403. The van der Waals surface area contributed by atoms with Crippen LogP contribution in [0.5, 0.6) is 0 Å². The van der Waals surface area contributed by atoms with Crippen LogP contribution in [0.3, 0.4) is 0 Å². The maximum absolute atomic E-state index is 11.6. The first-order valence-corrected chi connectivity index (χ1v) is 8.04. The minimum atomic E-state index is -0.219. The first kappa shape index (κ1) is 18.5. The van der Waals surface area contributed by atoms with Crippen LogP contribution in [-0.2, 0) is 14.4 Å². The predicted molar refractivity (Wildman–Crippen MR) is 85.3 cm³/mol. The monoisotopic (exact) mass is 309 g/mol. The van der Waals surface area contributed by atoms with Crippen molar-refractivity contribution in [3.63, 3.8) is 0 Å². The number of hydrogen-bond donors (Lipinski definition) is 2. The highest BCUT2D eigenvalue weighted by molar-refractivity contribution is 6.12. The Kier molecular flexibility index (Phi) is 8.62. The van der Waals surface area contributed by atoms with E-state index in [4.69, 9.17) is 0 Å². The molecule has 0 aliphatic carbocycles. The number of Topliss-reactive ketones (excluding diaryl/α,β-unsaturated/α-hetero) is 1. The second kappa shape index (κ2) is 10.2. The number of carbonyl (C=O) groups excluding carboxylic acids is 3. The zero-order valence-electron chi connectivity index (χ0n) is 13.6. The summed E-state index contributed by atoms with van der Waals surface area (Å²) in [7, 11) is 1.83. The predicted octanol–water partition coefficient (Wildman–Crippen LogP) is 0.629. The third-order valence-electron chi connectivity index (χ3n) is 3.82. The normalized spacial score (nSPS) is 15.6. The molecule has 0 spiro atoms. The third kappa shape index (κ3) is 6.07. The van der Waals surface area contributed by atoms with Crippen molar-refractivity contribution < 1.29 is 14.4 Å². The minimum absolute atomic E-state index is 0.0234. The number of nitrogens with one attached hydrogen (secondary N) is 2. The van der Waals surface area contributed by atoms with Crippen LogP contribution in [0.15, 0.2) is 12.2 Å². The largest absolute Gasteiger partial charge is 0.317 e. The summed E-state index contributed by atoms with van der Waals surface area (Å²) in [5.74, 6) is -0.170. The summed E-state index contributed by atoms with van der Waals surface area (Å²) >= 11 is 0. The van der Waals surface area contributed by atoms with Gasteiger partial charge in [0, 0.05) is 25.1 Å². The summed E-state index contributed by atoms with van der Waals surface area (Å²) in [5.41, 5.74) is 0. The summed E-state index contributed by atoms with van der Waals surface area (Å²) in [6.45, 7) is 4.02. The fraction of sp³-hybridized carbons (Fsp3) is 0.688. The van der Waals surface area contributed by atoms with E-state index in [0.29, 0.717) is 13.0 Å². The average Bonchev–Trinajstić information content (AvgIpc) is 2.84. The Morgan fingerprint density at radius 2 is 1.77 bits per heavy atom. The highest BCUT2D eigenvalue weighted by atomic mass is 16.2. The number of unbranched alkanes of at least 4 members (excludes halogenated alkanes) is 1. The number of likely N-dealkylation sites (N-methyl/N-ethyl adjacent to an activating group) is 1. The Balaban J connectivity index is 1.99. The van der Waals surface area contributed by atoms with Crippen molar-refractivity contribution in [1.29, 1.82) is 0 Å². The quantitative estimate of drug-likeness (QED) is 0.408. The number of imide groups is 1. The zero-order valence-corrected chi connectivity index (χ0v) is 13.6. The van der Waals surface area contributed by atoms with Gasteiger partial charge >= 0.3 is 0 Å². The Morgan fingerprint density at radius 3 is 2.36 bits per heavy atom. The molecule has 0 saturated carbocycles. The molecule has 0 fully saturated rings. The van der Waals surface area contributed by atoms with E-state index in [0.717, 1.165) is 38.8 Å². The Labute approximate surface area is 132 Å². The van der Waals surface area contributed by atoms with Crippen molar-refractivity contribution in [1.82, 2.24) is 15.5 Å². The molecule has 2 N–H and O–H groups in total. The first-order valence-electron chi connectivity index (χ1n) is 8.04. The highest BCUT2D eigenvalue weighted by Crippen LogP contribution is 2.04. The lowest BCUT2D eigenvalue weighted by Gasteiger charge is -2.14. The topological polar surface area (TPSA) is 78.5 Å². The van der Waals surface area contributed by atoms with Crippen LogP contribution in [0.1, 0.15) is 39.0 Å². The van der Waals surface area contributed by atoms with E-state index in [1.165, 1.54) is 17.1 Å². The van der Waals surface area contributed by atoms with Crippen molar-refractivity contribution in [2.45, 2.75) is 45.1 Å². The summed E-state index contributed by atoms with van der Waals surface area (Å²) < 4.78 is 0. The molecule has 124 valence electrons. The van der Waals surface area contributed by atoms with Gasteiger partial charge in [-0.3, -0.25) is 19.3 Å². The smallest absolute Gasteiger partial charge is 0.253 e. The summed E-state index contributed by atoms with van der Waals surface area (Å²) in [5, 5.41) is 6.36. The fourth-order valence-corrected chi connectivity index (χ4v) is 2.45. The van der Waals surface area contributed by atoms with Crippen LogP contribution in [0.25, 0.3) is 0 Å². The molecule has 0 aromatic rings. The van der Waals surface area contributed by atoms with E-state index in [9.17, 15) is 14.4 Å². The zero-order chi connectivity index (χ0) is 16.4. The van der Waals surface area contributed by atoms with Crippen molar-refractivity contribution >= 4 is 17.6 Å². The summed E-state index contributed by atoms with van der Waals surface area (Å²) in [4.78, 5) is 35.5. The fourth-order valence-electron chi connectivity index (χ4n) is 2.45. The van der Waals surface area contributed by atoms with E-state index in [2.05, 4.69) is 10.6 Å². The number of amides is 2. The maximum Gasteiger partial charge on any atom is 0.253 e. The van der Waals surface area contributed by atoms with Crippen LogP contribution >= 0.6 is 0 Å². The van der Waals surface area contributed by atoms with Crippen LogP contribution in [0.2, 0.25) is 0 Å². The van der Waals surface area contributed by atoms with Gasteiger partial charge in [0.2, 0.25) is 0 Å². The molecule has 1 rings (SSSR count). The van der Waals surface area contributed by atoms with Crippen molar-refractivity contribution in [3.8, 4) is 0 Å². The van der Waals surface area contributed by atoms with Crippen LogP contribution in [0.4, 0.5) is 0 Å².